The van der Waals surface area contributed by atoms with Gasteiger partial charge in [0.25, 0.3) is 0 Å². The fraction of sp³-hybridized carbons (Fsp3) is 0.0769. The molecular weight excluding hydrogens is 221 g/mol. The van der Waals surface area contributed by atoms with Gasteiger partial charge in [0.2, 0.25) is 0 Å². The zero-order valence-electron chi connectivity index (χ0n) is 8.91. The van der Waals surface area contributed by atoms with Gasteiger partial charge in [-0.05, 0) is 36.8 Å². The predicted molar refractivity (Wildman–Crippen MR) is 66.1 cm³/mol. The van der Waals surface area contributed by atoms with Crippen LogP contribution in [0.2, 0.25) is 0 Å². The third-order valence-electron chi connectivity index (χ3n) is 2.31. The summed E-state index contributed by atoms with van der Waals surface area (Å²) < 4.78 is 13.0. The van der Waals surface area contributed by atoms with Gasteiger partial charge in [-0.2, -0.15) is 0 Å². The first-order chi connectivity index (χ1) is 7.66. The van der Waals surface area contributed by atoms with Gasteiger partial charge in [-0.1, -0.05) is 30.0 Å². The number of para-hydroxylation sites is 1. The second-order valence-electron chi connectivity index (χ2n) is 3.55. The van der Waals surface area contributed by atoms with Crippen LogP contribution < -0.4 is 5.73 Å². The van der Waals surface area contributed by atoms with Crippen LogP contribution in [0.3, 0.4) is 0 Å². The van der Waals surface area contributed by atoms with Crippen molar-refractivity contribution < 1.29 is 4.39 Å². The molecule has 0 amide bonds. The number of nitrogen functional groups attached to an aromatic ring is 1. The lowest BCUT2D eigenvalue weighted by atomic mass is 10.2. The third kappa shape index (κ3) is 2.36. The Morgan fingerprint density at radius 2 is 1.88 bits per heavy atom. The van der Waals surface area contributed by atoms with Gasteiger partial charge in [0.15, 0.2) is 0 Å². The van der Waals surface area contributed by atoms with E-state index in [9.17, 15) is 4.39 Å². The summed E-state index contributed by atoms with van der Waals surface area (Å²) in [5.41, 5.74) is 7.76. The van der Waals surface area contributed by atoms with Crippen molar-refractivity contribution in [3.05, 3.63) is 53.8 Å². The van der Waals surface area contributed by atoms with Gasteiger partial charge in [0.05, 0.1) is 0 Å². The van der Waals surface area contributed by atoms with Crippen LogP contribution in [0.15, 0.2) is 52.3 Å². The number of anilines is 1. The molecule has 2 N–H and O–H groups in total. The summed E-state index contributed by atoms with van der Waals surface area (Å²) in [7, 11) is 0. The maximum absolute atomic E-state index is 13.0. The molecule has 0 saturated carbocycles. The smallest absolute Gasteiger partial charge is 0.124 e. The van der Waals surface area contributed by atoms with Crippen LogP contribution >= 0.6 is 11.8 Å². The molecule has 2 rings (SSSR count). The van der Waals surface area contributed by atoms with Gasteiger partial charge in [0, 0.05) is 15.5 Å². The fourth-order valence-corrected chi connectivity index (χ4v) is 2.39. The Labute approximate surface area is 98.5 Å². The van der Waals surface area contributed by atoms with Gasteiger partial charge in [-0.15, -0.1) is 0 Å². The summed E-state index contributed by atoms with van der Waals surface area (Å²) in [6.45, 7) is 1.96. The molecule has 0 spiro atoms. The molecule has 0 bridgehead atoms. The molecule has 1 nitrogen and oxygen atoms in total. The topological polar surface area (TPSA) is 26.0 Å². The standard InChI is InChI=1S/C13H12FNS/c1-9-4-2-7-12(13(9)15)16-11-6-3-5-10(14)8-11/h2-8H,15H2,1H3. The molecule has 0 aromatic heterocycles. The molecule has 3 heteroatoms. The van der Waals surface area contributed by atoms with E-state index in [1.807, 2.05) is 31.2 Å². The molecule has 2 aromatic carbocycles. The summed E-state index contributed by atoms with van der Waals surface area (Å²) in [6, 6.07) is 12.4. The summed E-state index contributed by atoms with van der Waals surface area (Å²) in [6.07, 6.45) is 0. The second kappa shape index (κ2) is 4.58. The van der Waals surface area contributed by atoms with Crippen molar-refractivity contribution in [3.63, 3.8) is 0 Å². The van der Waals surface area contributed by atoms with Crippen LogP contribution in [0.1, 0.15) is 5.56 Å². The highest BCUT2D eigenvalue weighted by atomic mass is 32.2. The first-order valence-electron chi connectivity index (χ1n) is 4.95. The zero-order chi connectivity index (χ0) is 11.5. The Kier molecular flexibility index (Phi) is 3.15. The van der Waals surface area contributed by atoms with E-state index < -0.39 is 0 Å². The average Bonchev–Trinajstić information content (AvgIpc) is 2.25. The number of benzene rings is 2. The number of halogens is 1. The van der Waals surface area contributed by atoms with Crippen molar-refractivity contribution in [2.45, 2.75) is 16.7 Å². The Bertz CT molecular complexity index is 511. The quantitative estimate of drug-likeness (QED) is 0.797. The molecule has 0 atom stereocenters. The minimum Gasteiger partial charge on any atom is -0.398 e. The molecule has 16 heavy (non-hydrogen) atoms. The number of hydrogen-bond acceptors (Lipinski definition) is 2. The highest BCUT2D eigenvalue weighted by Gasteiger charge is 2.04. The summed E-state index contributed by atoms with van der Waals surface area (Å²) >= 11 is 1.48. The summed E-state index contributed by atoms with van der Waals surface area (Å²) in [4.78, 5) is 1.82. The summed E-state index contributed by atoms with van der Waals surface area (Å²) in [5, 5.41) is 0. The molecule has 82 valence electrons. The largest absolute Gasteiger partial charge is 0.398 e. The number of aryl methyl sites for hydroxylation is 1. The van der Waals surface area contributed by atoms with Gasteiger partial charge >= 0.3 is 0 Å². The second-order valence-corrected chi connectivity index (χ2v) is 4.66. The number of hydrogen-bond donors (Lipinski definition) is 1. The molecule has 0 aliphatic heterocycles. The van der Waals surface area contributed by atoms with Crippen LogP contribution in [0, 0.1) is 12.7 Å². The predicted octanol–water partition coefficient (Wildman–Crippen LogP) is 3.87. The van der Waals surface area contributed by atoms with Crippen molar-refractivity contribution in [1.82, 2.24) is 0 Å². The SMILES string of the molecule is Cc1cccc(Sc2cccc(F)c2)c1N. The van der Waals surface area contributed by atoms with Gasteiger partial charge in [-0.3, -0.25) is 0 Å². The van der Waals surface area contributed by atoms with E-state index in [1.54, 1.807) is 6.07 Å². The molecule has 0 fully saturated rings. The molecular formula is C13H12FNS. The Hall–Kier alpha value is -1.48. The van der Waals surface area contributed by atoms with E-state index in [0.717, 1.165) is 21.0 Å². The van der Waals surface area contributed by atoms with E-state index >= 15 is 0 Å². The first kappa shape index (κ1) is 11.0. The lowest BCUT2D eigenvalue weighted by Crippen LogP contribution is -1.91. The molecule has 0 saturated heterocycles. The van der Waals surface area contributed by atoms with Crippen LogP contribution in [-0.4, -0.2) is 0 Å². The maximum atomic E-state index is 13.0. The van der Waals surface area contributed by atoms with Crippen molar-refractivity contribution in [3.8, 4) is 0 Å². The fourth-order valence-electron chi connectivity index (χ4n) is 1.40. The van der Waals surface area contributed by atoms with Gasteiger partial charge < -0.3 is 5.73 Å². The number of rotatable bonds is 2. The van der Waals surface area contributed by atoms with Crippen LogP contribution in [0.25, 0.3) is 0 Å². The highest BCUT2D eigenvalue weighted by molar-refractivity contribution is 7.99. The Balaban J connectivity index is 2.31. The highest BCUT2D eigenvalue weighted by Crippen LogP contribution is 2.33. The third-order valence-corrected chi connectivity index (χ3v) is 3.37. The van der Waals surface area contributed by atoms with Crippen molar-refractivity contribution in [2.75, 3.05) is 5.73 Å². The van der Waals surface area contributed by atoms with Crippen molar-refractivity contribution in [2.24, 2.45) is 0 Å². The van der Waals surface area contributed by atoms with Crippen LogP contribution in [-0.2, 0) is 0 Å². The molecule has 0 heterocycles. The lowest BCUT2D eigenvalue weighted by molar-refractivity contribution is 0.624. The first-order valence-corrected chi connectivity index (χ1v) is 5.77. The molecule has 0 unspecified atom stereocenters. The van der Waals surface area contributed by atoms with E-state index in [1.165, 1.54) is 23.9 Å². The summed E-state index contributed by atoms with van der Waals surface area (Å²) in [5.74, 6) is -0.226. The van der Waals surface area contributed by atoms with Crippen molar-refractivity contribution >= 4 is 17.4 Å². The van der Waals surface area contributed by atoms with E-state index in [-0.39, 0.29) is 5.82 Å². The normalized spacial score (nSPS) is 10.4. The van der Waals surface area contributed by atoms with E-state index in [2.05, 4.69) is 0 Å². The molecule has 2 aromatic rings. The van der Waals surface area contributed by atoms with Crippen molar-refractivity contribution in [1.29, 1.82) is 0 Å². The average molecular weight is 233 g/mol. The maximum Gasteiger partial charge on any atom is 0.124 e. The minimum atomic E-state index is -0.226. The minimum absolute atomic E-state index is 0.226. The van der Waals surface area contributed by atoms with E-state index in [4.69, 9.17) is 5.73 Å². The van der Waals surface area contributed by atoms with E-state index in [0.29, 0.717) is 0 Å². The lowest BCUT2D eigenvalue weighted by Gasteiger charge is -2.07. The Morgan fingerprint density at radius 3 is 2.62 bits per heavy atom. The van der Waals surface area contributed by atoms with Gasteiger partial charge in [-0.25, -0.2) is 4.39 Å². The molecule has 0 aliphatic carbocycles. The zero-order valence-corrected chi connectivity index (χ0v) is 9.72. The molecule has 0 radical (unpaired) electrons. The van der Waals surface area contributed by atoms with Crippen LogP contribution in [0.4, 0.5) is 10.1 Å². The number of nitrogens with two attached hydrogens (primary N) is 1. The molecule has 0 aliphatic rings. The monoisotopic (exact) mass is 233 g/mol. The van der Waals surface area contributed by atoms with Gasteiger partial charge in [0.1, 0.15) is 5.82 Å². The van der Waals surface area contributed by atoms with Crippen LogP contribution in [0.5, 0.6) is 0 Å². The Morgan fingerprint density at radius 1 is 1.12 bits per heavy atom.